The summed E-state index contributed by atoms with van der Waals surface area (Å²) < 4.78 is 61.3. The van der Waals surface area contributed by atoms with Gasteiger partial charge in [-0.25, -0.2) is 0 Å². The van der Waals surface area contributed by atoms with E-state index in [9.17, 15) is 26.7 Å². The van der Waals surface area contributed by atoms with Crippen LogP contribution in [0.25, 0.3) is 0 Å². The summed E-state index contributed by atoms with van der Waals surface area (Å²) >= 11 is 0. The normalized spacial score (nSPS) is 12.3. The summed E-state index contributed by atoms with van der Waals surface area (Å²) in [5, 5.41) is 1.99. The first-order valence-electron chi connectivity index (χ1n) is 3.97. The number of alkyl halides is 5. The molecule has 0 heterocycles. The number of carbonyl (C=O) groups excluding carboxylic acids is 1. The smallest absolute Gasteiger partial charge is 0.318 e. The van der Waals surface area contributed by atoms with Crippen LogP contribution < -0.4 is 5.32 Å². The standard InChI is InChI=1S/C9H5F5NO/c10-8(11,9(12,13)14)6-1-3-7(4-2-6)15-5-16/h1-4H,(H,15,16). The summed E-state index contributed by atoms with van der Waals surface area (Å²) in [5.41, 5.74) is -1.10. The molecule has 0 saturated carbocycles. The van der Waals surface area contributed by atoms with Gasteiger partial charge in [-0.05, 0) is 12.1 Å². The Hall–Kier alpha value is -1.66. The van der Waals surface area contributed by atoms with E-state index in [2.05, 4.69) is 0 Å². The summed E-state index contributed by atoms with van der Waals surface area (Å²) in [5.74, 6) is -4.91. The van der Waals surface area contributed by atoms with Crippen LogP contribution in [0.15, 0.2) is 24.3 Å². The van der Waals surface area contributed by atoms with Crippen LogP contribution in [0.1, 0.15) is 5.56 Å². The van der Waals surface area contributed by atoms with Gasteiger partial charge in [0.05, 0.1) is 0 Å². The predicted octanol–water partition coefficient (Wildman–Crippen LogP) is 2.82. The number of amides is 1. The molecule has 1 aromatic rings. The van der Waals surface area contributed by atoms with Gasteiger partial charge in [-0.15, -0.1) is 0 Å². The molecule has 1 radical (unpaired) electrons. The van der Waals surface area contributed by atoms with Gasteiger partial charge in [0, 0.05) is 11.3 Å². The lowest BCUT2D eigenvalue weighted by atomic mass is 10.1. The first-order valence-corrected chi connectivity index (χ1v) is 3.97. The van der Waals surface area contributed by atoms with Crippen LogP contribution in [0.3, 0.4) is 0 Å². The number of hydrogen-bond acceptors (Lipinski definition) is 1. The minimum Gasteiger partial charge on any atom is -0.318 e. The maximum atomic E-state index is 12.8. The third-order valence-corrected chi connectivity index (χ3v) is 1.80. The van der Waals surface area contributed by atoms with E-state index >= 15 is 0 Å². The van der Waals surface area contributed by atoms with E-state index in [1.165, 1.54) is 6.41 Å². The molecule has 0 spiro atoms. The Kier molecular flexibility index (Phi) is 3.16. The average Bonchev–Trinajstić information content (AvgIpc) is 2.17. The van der Waals surface area contributed by atoms with Gasteiger partial charge in [0.2, 0.25) is 0 Å². The Morgan fingerprint density at radius 1 is 1.00 bits per heavy atom. The molecule has 1 amide bonds. The van der Waals surface area contributed by atoms with Crippen LogP contribution in [0.5, 0.6) is 0 Å². The molecule has 1 N–H and O–H groups in total. The molecule has 16 heavy (non-hydrogen) atoms. The number of nitrogens with one attached hydrogen (secondary N) is 1. The highest BCUT2D eigenvalue weighted by atomic mass is 19.4. The minimum atomic E-state index is -5.64. The number of hydrogen-bond donors (Lipinski definition) is 1. The Labute approximate surface area is 87.1 Å². The van der Waals surface area contributed by atoms with Crippen molar-refractivity contribution in [2.75, 3.05) is 5.32 Å². The Bertz CT molecular complexity index is 370. The fourth-order valence-corrected chi connectivity index (χ4v) is 0.985. The van der Waals surface area contributed by atoms with Gasteiger partial charge in [-0.3, -0.25) is 4.79 Å². The van der Waals surface area contributed by atoms with E-state index in [1.807, 2.05) is 5.32 Å². The molecule has 0 aliphatic rings. The number of rotatable bonds is 3. The lowest BCUT2D eigenvalue weighted by Gasteiger charge is -2.19. The van der Waals surface area contributed by atoms with Crippen molar-refractivity contribution >= 4 is 12.1 Å². The third-order valence-electron chi connectivity index (χ3n) is 1.80. The molecule has 0 saturated heterocycles. The zero-order chi connectivity index (χ0) is 12.4. The van der Waals surface area contributed by atoms with Crippen LogP contribution in [0.2, 0.25) is 0 Å². The molecule has 0 aliphatic carbocycles. The molecule has 0 atom stereocenters. The van der Waals surface area contributed by atoms with Crippen molar-refractivity contribution in [2.45, 2.75) is 12.1 Å². The second-order valence-corrected chi connectivity index (χ2v) is 2.88. The fourth-order valence-electron chi connectivity index (χ4n) is 0.985. The highest BCUT2D eigenvalue weighted by Crippen LogP contribution is 2.43. The third kappa shape index (κ3) is 2.29. The highest BCUT2D eigenvalue weighted by Gasteiger charge is 2.58. The van der Waals surface area contributed by atoms with E-state index in [4.69, 9.17) is 0 Å². The Balaban J connectivity index is 3.01. The quantitative estimate of drug-likeness (QED) is 0.636. The maximum absolute atomic E-state index is 12.8. The topological polar surface area (TPSA) is 29.1 Å². The largest absolute Gasteiger partial charge is 0.458 e. The van der Waals surface area contributed by atoms with Crippen molar-refractivity contribution < 1.29 is 26.7 Å². The monoisotopic (exact) mass is 238 g/mol. The van der Waals surface area contributed by atoms with Crippen LogP contribution in [-0.4, -0.2) is 12.6 Å². The summed E-state index contributed by atoms with van der Waals surface area (Å²) in [6.45, 7) is 0. The van der Waals surface area contributed by atoms with Crippen LogP contribution in [0, 0.1) is 0 Å². The molecule has 7 heteroatoms. The Morgan fingerprint density at radius 2 is 1.50 bits per heavy atom. The lowest BCUT2D eigenvalue weighted by molar-refractivity contribution is -0.289. The summed E-state index contributed by atoms with van der Waals surface area (Å²) in [7, 11) is 0. The number of benzene rings is 1. The maximum Gasteiger partial charge on any atom is 0.458 e. The molecule has 0 bridgehead atoms. The van der Waals surface area contributed by atoms with Crippen molar-refractivity contribution in [3.05, 3.63) is 29.8 Å². The molecule has 1 rings (SSSR count). The first-order chi connectivity index (χ1) is 7.29. The van der Waals surface area contributed by atoms with E-state index < -0.39 is 17.7 Å². The van der Waals surface area contributed by atoms with Crippen LogP contribution in [-0.2, 0) is 10.7 Å². The molecule has 0 unspecified atom stereocenters. The van der Waals surface area contributed by atoms with E-state index in [0.29, 0.717) is 12.1 Å². The molecule has 87 valence electrons. The summed E-state index contributed by atoms with van der Waals surface area (Å²) in [6.07, 6.45) is -4.38. The zero-order valence-corrected chi connectivity index (χ0v) is 7.61. The van der Waals surface area contributed by atoms with Crippen LogP contribution >= 0.6 is 0 Å². The highest BCUT2D eigenvalue weighted by molar-refractivity contribution is 5.71. The van der Waals surface area contributed by atoms with Crippen molar-refractivity contribution in [3.63, 3.8) is 0 Å². The van der Waals surface area contributed by atoms with Crippen molar-refractivity contribution in [3.8, 4) is 0 Å². The van der Waals surface area contributed by atoms with Crippen molar-refractivity contribution in [1.29, 1.82) is 0 Å². The number of anilines is 1. The van der Waals surface area contributed by atoms with Gasteiger partial charge in [0.25, 0.3) is 0 Å². The van der Waals surface area contributed by atoms with E-state index in [1.54, 1.807) is 0 Å². The summed E-state index contributed by atoms with van der Waals surface area (Å²) in [4.78, 5) is 9.85. The van der Waals surface area contributed by atoms with Gasteiger partial charge in [0.15, 0.2) is 0 Å². The molecular formula is C9H5F5NO. The fraction of sp³-hybridized carbons (Fsp3) is 0.222. The second kappa shape index (κ2) is 4.07. The Morgan fingerprint density at radius 3 is 1.88 bits per heavy atom. The van der Waals surface area contributed by atoms with Gasteiger partial charge in [-0.2, -0.15) is 22.0 Å². The molecule has 0 aliphatic heterocycles. The van der Waals surface area contributed by atoms with Crippen LogP contribution in [0.4, 0.5) is 27.6 Å². The molecule has 0 fully saturated rings. The number of halogens is 5. The van der Waals surface area contributed by atoms with E-state index in [0.717, 1.165) is 12.1 Å². The molecule has 1 aromatic carbocycles. The van der Waals surface area contributed by atoms with Gasteiger partial charge in [-0.1, -0.05) is 12.1 Å². The molecular weight excluding hydrogens is 233 g/mol. The van der Waals surface area contributed by atoms with Gasteiger partial charge >= 0.3 is 18.5 Å². The van der Waals surface area contributed by atoms with Gasteiger partial charge in [0.1, 0.15) is 0 Å². The molecule has 2 nitrogen and oxygen atoms in total. The SMILES string of the molecule is O=[C]Nc1ccc(C(F)(F)C(F)(F)F)cc1. The second-order valence-electron chi connectivity index (χ2n) is 2.88. The minimum absolute atomic E-state index is 0.0803. The lowest BCUT2D eigenvalue weighted by Crippen LogP contribution is -2.33. The van der Waals surface area contributed by atoms with Crippen molar-refractivity contribution in [2.24, 2.45) is 0 Å². The van der Waals surface area contributed by atoms with Gasteiger partial charge < -0.3 is 5.32 Å². The first kappa shape index (κ1) is 12.4. The zero-order valence-electron chi connectivity index (χ0n) is 7.61. The summed E-state index contributed by atoms with van der Waals surface area (Å²) in [6, 6.07) is 3.04. The van der Waals surface area contributed by atoms with Crippen molar-refractivity contribution in [1.82, 2.24) is 0 Å². The molecule has 0 aromatic heterocycles. The predicted molar refractivity (Wildman–Crippen MR) is 45.7 cm³/mol. The van der Waals surface area contributed by atoms with E-state index in [-0.39, 0.29) is 5.69 Å². The average molecular weight is 238 g/mol.